The van der Waals surface area contributed by atoms with E-state index in [1.165, 1.54) is 6.08 Å². The monoisotopic (exact) mass is 298 g/mol. The lowest BCUT2D eigenvalue weighted by Gasteiger charge is -2.07. The summed E-state index contributed by atoms with van der Waals surface area (Å²) in [4.78, 5) is 16.1. The maximum atomic E-state index is 12.0. The van der Waals surface area contributed by atoms with Crippen molar-refractivity contribution in [2.24, 2.45) is 4.99 Å². The lowest BCUT2D eigenvalue weighted by Crippen LogP contribution is -2.41. The third-order valence-electron chi connectivity index (χ3n) is 3.06. The number of hydrogen-bond acceptors (Lipinski definition) is 5. The molecule has 0 radical (unpaired) electrons. The van der Waals surface area contributed by atoms with E-state index in [0.717, 1.165) is 36.5 Å². The van der Waals surface area contributed by atoms with Crippen LogP contribution in [0, 0.1) is 11.3 Å². The molecule has 1 amide bonds. The van der Waals surface area contributed by atoms with Gasteiger partial charge in [0.2, 0.25) is 0 Å². The third-order valence-corrected chi connectivity index (χ3v) is 3.06. The highest BCUT2D eigenvalue weighted by Crippen LogP contribution is 2.14. The highest BCUT2D eigenvalue weighted by Gasteiger charge is 2.11. The van der Waals surface area contributed by atoms with Gasteiger partial charge in [0, 0.05) is 13.0 Å². The van der Waals surface area contributed by atoms with E-state index in [1.54, 1.807) is 24.3 Å². The molecule has 0 bridgehead atoms. The van der Waals surface area contributed by atoms with Gasteiger partial charge in [0.05, 0.1) is 6.61 Å². The molecule has 0 aliphatic carbocycles. The fourth-order valence-electron chi connectivity index (χ4n) is 1.98. The Morgan fingerprint density at radius 2 is 2.23 bits per heavy atom. The van der Waals surface area contributed by atoms with E-state index in [1.807, 2.05) is 13.0 Å². The number of benzene rings is 1. The van der Waals surface area contributed by atoms with Crippen LogP contribution in [0.2, 0.25) is 0 Å². The van der Waals surface area contributed by atoms with Crippen LogP contribution in [0.5, 0.6) is 5.75 Å². The number of amides is 1. The van der Waals surface area contributed by atoms with Crippen molar-refractivity contribution in [3.8, 4) is 11.8 Å². The number of carbonyl (C=O) groups is 1. The second-order valence-electron chi connectivity index (χ2n) is 4.68. The normalized spacial score (nSPS) is 14.0. The number of hydrazine groups is 1. The minimum Gasteiger partial charge on any atom is -0.494 e. The molecule has 6 heteroatoms. The van der Waals surface area contributed by atoms with Gasteiger partial charge in [-0.3, -0.25) is 20.6 Å². The molecular weight excluding hydrogens is 280 g/mol. The van der Waals surface area contributed by atoms with Gasteiger partial charge in [0.1, 0.15) is 23.2 Å². The second-order valence-corrected chi connectivity index (χ2v) is 4.68. The van der Waals surface area contributed by atoms with Crippen LogP contribution in [0.1, 0.15) is 25.3 Å². The SMILES string of the molecule is CCOc1ccc(/C=C(\C#N)C(=O)NNC2=NCCC2)cc1. The number of nitrogens with one attached hydrogen (secondary N) is 2. The van der Waals surface area contributed by atoms with Gasteiger partial charge in [0.25, 0.3) is 5.91 Å². The van der Waals surface area contributed by atoms with Gasteiger partial charge in [-0.15, -0.1) is 0 Å². The van der Waals surface area contributed by atoms with Crippen LogP contribution >= 0.6 is 0 Å². The molecule has 1 aromatic rings. The molecule has 2 rings (SSSR count). The quantitative estimate of drug-likeness (QED) is 0.504. The van der Waals surface area contributed by atoms with Crippen LogP contribution < -0.4 is 15.6 Å². The fourth-order valence-corrected chi connectivity index (χ4v) is 1.98. The van der Waals surface area contributed by atoms with Crippen molar-refractivity contribution < 1.29 is 9.53 Å². The molecule has 1 aromatic carbocycles. The standard InChI is InChI=1S/C16H18N4O2/c1-2-22-14-7-5-12(6-8-14)10-13(11-17)16(21)20-19-15-4-3-9-18-15/h5-8,10H,2-4,9H2,1H3,(H,18,19)(H,20,21)/b13-10+. The molecule has 0 atom stereocenters. The zero-order chi connectivity index (χ0) is 15.8. The van der Waals surface area contributed by atoms with Crippen LogP contribution in [0.3, 0.4) is 0 Å². The molecule has 22 heavy (non-hydrogen) atoms. The first-order valence-corrected chi connectivity index (χ1v) is 7.17. The maximum Gasteiger partial charge on any atom is 0.280 e. The number of carbonyl (C=O) groups excluding carboxylic acids is 1. The Morgan fingerprint density at radius 1 is 1.45 bits per heavy atom. The van der Waals surface area contributed by atoms with Crippen LogP contribution in [0.25, 0.3) is 6.08 Å². The fraction of sp³-hybridized carbons (Fsp3) is 0.312. The zero-order valence-electron chi connectivity index (χ0n) is 12.4. The molecule has 114 valence electrons. The highest BCUT2D eigenvalue weighted by atomic mass is 16.5. The minimum atomic E-state index is -0.481. The van der Waals surface area contributed by atoms with Crippen LogP contribution in [-0.2, 0) is 4.79 Å². The second kappa shape index (κ2) is 7.84. The van der Waals surface area contributed by atoms with E-state index in [2.05, 4.69) is 15.8 Å². The largest absolute Gasteiger partial charge is 0.494 e. The van der Waals surface area contributed by atoms with Gasteiger partial charge in [-0.05, 0) is 37.1 Å². The Morgan fingerprint density at radius 3 is 2.82 bits per heavy atom. The van der Waals surface area contributed by atoms with Crippen molar-refractivity contribution in [3.05, 3.63) is 35.4 Å². The lowest BCUT2D eigenvalue weighted by atomic mass is 10.1. The number of hydrogen-bond donors (Lipinski definition) is 2. The van der Waals surface area contributed by atoms with E-state index in [0.29, 0.717) is 6.61 Å². The molecule has 0 saturated carbocycles. The number of amidine groups is 1. The Balaban J connectivity index is 1.99. The number of ether oxygens (including phenoxy) is 1. The van der Waals surface area contributed by atoms with Gasteiger partial charge in [-0.25, -0.2) is 0 Å². The first kappa shape index (κ1) is 15.6. The average molecular weight is 298 g/mol. The molecule has 0 saturated heterocycles. The van der Waals surface area contributed by atoms with Crippen molar-refractivity contribution >= 4 is 17.8 Å². The molecule has 0 spiro atoms. The van der Waals surface area contributed by atoms with Crippen LogP contribution in [-0.4, -0.2) is 24.9 Å². The van der Waals surface area contributed by atoms with Crippen LogP contribution in [0.4, 0.5) is 0 Å². The highest BCUT2D eigenvalue weighted by molar-refractivity contribution is 6.02. The lowest BCUT2D eigenvalue weighted by molar-refractivity contribution is -0.117. The summed E-state index contributed by atoms with van der Waals surface area (Å²) in [5.74, 6) is 1.02. The number of nitriles is 1. The number of rotatable bonds is 4. The zero-order valence-corrected chi connectivity index (χ0v) is 12.4. The smallest absolute Gasteiger partial charge is 0.280 e. The molecule has 1 heterocycles. The summed E-state index contributed by atoms with van der Waals surface area (Å²) < 4.78 is 5.35. The summed E-state index contributed by atoms with van der Waals surface area (Å²) in [7, 11) is 0. The summed E-state index contributed by atoms with van der Waals surface area (Å²) in [5.41, 5.74) is 6.02. The molecule has 0 fully saturated rings. The van der Waals surface area contributed by atoms with Crippen molar-refractivity contribution in [1.29, 1.82) is 5.26 Å². The molecule has 0 aromatic heterocycles. The summed E-state index contributed by atoms with van der Waals surface area (Å²) in [5, 5.41) is 9.13. The van der Waals surface area contributed by atoms with E-state index in [9.17, 15) is 4.79 Å². The average Bonchev–Trinajstić information content (AvgIpc) is 3.05. The van der Waals surface area contributed by atoms with Crippen molar-refractivity contribution in [3.63, 3.8) is 0 Å². The Bertz CT molecular complexity index is 627. The first-order chi connectivity index (χ1) is 10.7. The van der Waals surface area contributed by atoms with E-state index in [4.69, 9.17) is 10.00 Å². The predicted molar refractivity (Wildman–Crippen MR) is 84.0 cm³/mol. The minimum absolute atomic E-state index is 0.0234. The van der Waals surface area contributed by atoms with Gasteiger partial charge in [-0.2, -0.15) is 5.26 Å². The Kier molecular flexibility index (Phi) is 5.55. The molecule has 0 unspecified atom stereocenters. The topological polar surface area (TPSA) is 86.5 Å². The van der Waals surface area contributed by atoms with E-state index in [-0.39, 0.29) is 5.57 Å². The molecule has 1 aliphatic rings. The van der Waals surface area contributed by atoms with Crippen molar-refractivity contribution in [2.45, 2.75) is 19.8 Å². The predicted octanol–water partition coefficient (Wildman–Crippen LogP) is 1.81. The molecule has 1 aliphatic heterocycles. The van der Waals surface area contributed by atoms with Crippen molar-refractivity contribution in [1.82, 2.24) is 10.9 Å². The summed E-state index contributed by atoms with van der Waals surface area (Å²) >= 11 is 0. The summed E-state index contributed by atoms with van der Waals surface area (Å²) in [6.07, 6.45) is 3.32. The van der Waals surface area contributed by atoms with Gasteiger partial charge in [-0.1, -0.05) is 12.1 Å². The van der Waals surface area contributed by atoms with Crippen LogP contribution in [0.15, 0.2) is 34.8 Å². The number of aliphatic imine (C=N–C) groups is 1. The van der Waals surface area contributed by atoms with Gasteiger partial charge < -0.3 is 4.74 Å². The van der Waals surface area contributed by atoms with E-state index >= 15 is 0 Å². The summed E-state index contributed by atoms with van der Waals surface area (Å²) in [6, 6.07) is 9.09. The van der Waals surface area contributed by atoms with Gasteiger partial charge >= 0.3 is 0 Å². The van der Waals surface area contributed by atoms with E-state index < -0.39 is 5.91 Å². The first-order valence-electron chi connectivity index (χ1n) is 7.17. The van der Waals surface area contributed by atoms with Crippen molar-refractivity contribution in [2.75, 3.05) is 13.2 Å². The van der Waals surface area contributed by atoms with Gasteiger partial charge in [0.15, 0.2) is 0 Å². The Labute approximate surface area is 129 Å². The maximum absolute atomic E-state index is 12.0. The Hall–Kier alpha value is -2.81. The molecular formula is C16H18N4O2. The summed E-state index contributed by atoms with van der Waals surface area (Å²) in [6.45, 7) is 3.27. The number of nitrogens with zero attached hydrogens (tertiary/aromatic N) is 2. The molecule has 6 nitrogen and oxygen atoms in total. The third kappa shape index (κ3) is 4.35. The molecule has 2 N–H and O–H groups in total.